The van der Waals surface area contributed by atoms with Gasteiger partial charge >= 0.3 is 6.18 Å². The molecule has 0 aromatic carbocycles. The van der Waals surface area contributed by atoms with Crippen molar-refractivity contribution in [3.05, 3.63) is 36.1 Å². The molecule has 0 unspecified atom stereocenters. The molecule has 0 fully saturated rings. The molecule has 2 N–H and O–H groups in total. The van der Waals surface area contributed by atoms with Crippen LogP contribution in [0.25, 0.3) is 5.57 Å². The number of hydrogen-bond acceptors (Lipinski definition) is 2. The van der Waals surface area contributed by atoms with Crippen LogP contribution >= 0.6 is 0 Å². The van der Waals surface area contributed by atoms with Crippen LogP contribution in [0.3, 0.4) is 0 Å². The van der Waals surface area contributed by atoms with Gasteiger partial charge in [-0.15, -0.1) is 0 Å². The van der Waals surface area contributed by atoms with Crippen LogP contribution in [-0.2, 0) is 13.2 Å². The molecule has 1 rings (SSSR count). The number of aryl methyl sites for hydroxylation is 1. The maximum Gasteiger partial charge on any atom is 0.434 e. The fourth-order valence-electron chi connectivity index (χ4n) is 1.48. The van der Waals surface area contributed by atoms with Gasteiger partial charge in [0.2, 0.25) is 0 Å². The summed E-state index contributed by atoms with van der Waals surface area (Å²) in [4.78, 5) is 3.29. The van der Waals surface area contributed by atoms with Gasteiger partial charge in [-0.05, 0) is 6.42 Å². The number of imidazole rings is 1. The van der Waals surface area contributed by atoms with Crippen molar-refractivity contribution in [2.45, 2.75) is 19.0 Å². The first-order chi connectivity index (χ1) is 8.62. The van der Waals surface area contributed by atoms with Crippen molar-refractivity contribution in [3.63, 3.8) is 0 Å². The molecule has 1 aromatic heterocycles. The van der Waals surface area contributed by atoms with Crippen LogP contribution in [-0.4, -0.2) is 9.55 Å². The highest BCUT2D eigenvalue weighted by Gasteiger charge is 2.35. The van der Waals surface area contributed by atoms with E-state index in [9.17, 15) is 22.0 Å². The van der Waals surface area contributed by atoms with Gasteiger partial charge in [0.15, 0.2) is 11.6 Å². The first kappa shape index (κ1) is 15.2. The van der Waals surface area contributed by atoms with E-state index in [4.69, 9.17) is 5.73 Å². The molecule has 0 saturated carbocycles. The van der Waals surface area contributed by atoms with Gasteiger partial charge in [-0.3, -0.25) is 0 Å². The zero-order chi connectivity index (χ0) is 14.8. The summed E-state index contributed by atoms with van der Waals surface area (Å²) in [7, 11) is 1.27. The van der Waals surface area contributed by atoms with Crippen LogP contribution in [0.4, 0.5) is 22.0 Å². The fraction of sp³-hybridized carbons (Fsp3) is 0.364. The summed E-state index contributed by atoms with van der Waals surface area (Å²) in [5.74, 6) is -2.19. The Labute approximate surface area is 106 Å². The van der Waals surface area contributed by atoms with Crippen molar-refractivity contribution in [1.82, 2.24) is 9.55 Å². The Morgan fingerprint density at radius 1 is 1.37 bits per heavy atom. The van der Waals surface area contributed by atoms with E-state index >= 15 is 0 Å². The number of nitrogens with two attached hydrogens (primary N) is 1. The van der Waals surface area contributed by atoms with Crippen LogP contribution in [0.2, 0.25) is 0 Å². The lowest BCUT2D eigenvalue weighted by molar-refractivity contribution is -0.141. The number of allylic oxidation sites excluding steroid dienone is 2. The Morgan fingerprint density at radius 3 is 2.32 bits per heavy atom. The van der Waals surface area contributed by atoms with E-state index < -0.39 is 23.6 Å². The molecule has 0 bridgehead atoms. The Morgan fingerprint density at radius 2 is 1.95 bits per heavy atom. The summed E-state index contributed by atoms with van der Waals surface area (Å²) < 4.78 is 64.1. The van der Waals surface area contributed by atoms with E-state index in [-0.39, 0.29) is 24.2 Å². The van der Waals surface area contributed by atoms with Crippen molar-refractivity contribution in [1.29, 1.82) is 0 Å². The average molecular weight is 281 g/mol. The molecule has 1 heterocycles. The third-order valence-electron chi connectivity index (χ3n) is 2.37. The van der Waals surface area contributed by atoms with Gasteiger partial charge in [-0.25, -0.2) is 9.37 Å². The maximum absolute atomic E-state index is 13.2. The number of nitrogens with zero attached hydrogens (tertiary/aromatic N) is 2. The monoisotopic (exact) mass is 281 g/mol. The topological polar surface area (TPSA) is 43.8 Å². The number of halogens is 5. The second-order valence-electron chi connectivity index (χ2n) is 3.90. The van der Waals surface area contributed by atoms with E-state index in [2.05, 4.69) is 11.6 Å². The van der Waals surface area contributed by atoms with Crippen molar-refractivity contribution >= 4 is 5.57 Å². The van der Waals surface area contributed by atoms with Crippen molar-refractivity contribution < 1.29 is 22.0 Å². The van der Waals surface area contributed by atoms with Gasteiger partial charge in [0, 0.05) is 25.2 Å². The van der Waals surface area contributed by atoms with Gasteiger partial charge in [0.05, 0.1) is 5.83 Å². The molecule has 0 aliphatic heterocycles. The molecule has 3 nitrogen and oxygen atoms in total. The molecule has 0 aliphatic carbocycles. The van der Waals surface area contributed by atoms with Crippen LogP contribution in [0.5, 0.6) is 0 Å². The first-order valence-corrected chi connectivity index (χ1v) is 5.21. The smallest absolute Gasteiger partial charge is 0.375 e. The second-order valence-corrected chi connectivity index (χ2v) is 3.90. The molecule has 19 heavy (non-hydrogen) atoms. The molecular weight excluding hydrogens is 269 g/mol. The first-order valence-electron chi connectivity index (χ1n) is 5.21. The molecule has 0 saturated heterocycles. The van der Waals surface area contributed by atoms with Crippen LogP contribution in [0.15, 0.2) is 24.6 Å². The third-order valence-corrected chi connectivity index (χ3v) is 2.37. The maximum atomic E-state index is 13.2. The number of aromatic nitrogens is 2. The van der Waals surface area contributed by atoms with Crippen LogP contribution in [0, 0.1) is 0 Å². The predicted molar refractivity (Wildman–Crippen MR) is 59.9 cm³/mol. The lowest BCUT2D eigenvalue weighted by Crippen LogP contribution is -2.06. The van der Waals surface area contributed by atoms with Crippen LogP contribution < -0.4 is 5.73 Å². The van der Waals surface area contributed by atoms with E-state index in [0.717, 1.165) is 4.57 Å². The van der Waals surface area contributed by atoms with Crippen molar-refractivity contribution in [3.8, 4) is 0 Å². The lowest BCUT2D eigenvalue weighted by atomic mass is 10.1. The number of hydrogen-bond donors (Lipinski definition) is 1. The summed E-state index contributed by atoms with van der Waals surface area (Å²) in [6, 6.07) is 0. The zero-order valence-corrected chi connectivity index (χ0v) is 10.1. The fourth-order valence-corrected chi connectivity index (χ4v) is 1.48. The van der Waals surface area contributed by atoms with E-state index in [1.807, 2.05) is 0 Å². The highest BCUT2D eigenvalue weighted by atomic mass is 19.4. The molecule has 0 aliphatic rings. The van der Waals surface area contributed by atoms with Crippen molar-refractivity contribution in [2.75, 3.05) is 0 Å². The molecule has 0 amide bonds. The molecular formula is C11H12F5N3. The molecule has 0 radical (unpaired) electrons. The minimum Gasteiger partial charge on any atom is -0.375 e. The highest BCUT2D eigenvalue weighted by Crippen LogP contribution is 2.31. The number of rotatable bonds is 4. The van der Waals surface area contributed by atoms with E-state index in [0.29, 0.717) is 6.20 Å². The summed E-state index contributed by atoms with van der Waals surface area (Å²) in [5, 5.41) is 0. The number of alkyl halides is 3. The minimum atomic E-state index is -4.64. The Hall–Kier alpha value is -1.86. The van der Waals surface area contributed by atoms with E-state index in [1.165, 1.54) is 7.05 Å². The highest BCUT2D eigenvalue weighted by molar-refractivity contribution is 5.62. The van der Waals surface area contributed by atoms with Gasteiger partial charge in [0.25, 0.3) is 0 Å². The van der Waals surface area contributed by atoms with Gasteiger partial charge < -0.3 is 10.3 Å². The van der Waals surface area contributed by atoms with Crippen molar-refractivity contribution in [2.24, 2.45) is 12.8 Å². The largest absolute Gasteiger partial charge is 0.434 e. The molecule has 8 heteroatoms. The summed E-state index contributed by atoms with van der Waals surface area (Å²) in [5.41, 5.74) is 3.52. The molecule has 0 atom stereocenters. The van der Waals surface area contributed by atoms with E-state index in [1.54, 1.807) is 0 Å². The van der Waals surface area contributed by atoms with Gasteiger partial charge in [0.1, 0.15) is 5.82 Å². The average Bonchev–Trinajstić information content (AvgIpc) is 2.60. The predicted octanol–water partition coefficient (Wildman–Crippen LogP) is 3.30. The molecule has 106 valence electrons. The van der Waals surface area contributed by atoms with Crippen LogP contribution in [0.1, 0.15) is 24.4 Å². The molecule has 0 spiro atoms. The Balaban J connectivity index is 3.15. The minimum absolute atomic E-state index is 0.222. The van der Waals surface area contributed by atoms with Gasteiger partial charge in [-0.2, -0.15) is 17.6 Å². The lowest BCUT2D eigenvalue weighted by Gasteiger charge is -2.06. The Kier molecular flexibility index (Phi) is 4.33. The summed E-state index contributed by atoms with van der Waals surface area (Å²) in [6.45, 7) is 2.99. The summed E-state index contributed by atoms with van der Waals surface area (Å²) >= 11 is 0. The third kappa shape index (κ3) is 3.80. The summed E-state index contributed by atoms with van der Waals surface area (Å²) in [6.07, 6.45) is -4.40. The Bertz CT molecular complexity index is 509. The van der Waals surface area contributed by atoms with Gasteiger partial charge in [-0.1, -0.05) is 6.58 Å². The standard InChI is InChI=1S/C11H12F5N3/c1-6(12)3-4-7(9(13)17)10-18-8(5-19(10)2)11(14,15)16/h5H,1,3-4,17H2,2H3/b9-7+. The second kappa shape index (κ2) is 5.41. The normalized spacial score (nSPS) is 13.4. The SMILES string of the molecule is C=C(F)CC/C(=C(\N)F)c1nc(C(F)(F)F)cn1C. The molecule has 1 aromatic rings. The zero-order valence-electron chi connectivity index (χ0n) is 10.1. The quantitative estimate of drug-likeness (QED) is 0.679.